The second kappa shape index (κ2) is 5.95. The average molecular weight is 205 g/mol. The molecule has 84 valence electrons. The first kappa shape index (κ1) is 13.4. The van der Waals surface area contributed by atoms with E-state index in [1.807, 2.05) is 6.92 Å². The first-order chi connectivity index (χ1) is 6.49. The Balaban J connectivity index is 4.17. The number of aliphatic carboxylic acids is 1. The summed E-state index contributed by atoms with van der Waals surface area (Å²) in [4.78, 5) is 10.7. The zero-order valence-corrected chi connectivity index (χ0v) is 8.44. The van der Waals surface area contributed by atoms with Gasteiger partial charge in [0.25, 0.3) is 0 Å². The summed E-state index contributed by atoms with van der Waals surface area (Å²) < 4.78 is 0. The molecule has 0 aromatic rings. The van der Waals surface area contributed by atoms with Crippen molar-refractivity contribution in [1.82, 2.24) is 0 Å². The molecule has 0 fully saturated rings. The number of carbonyl (C=O) groups is 1. The molecule has 5 N–H and O–H groups in total. The Morgan fingerprint density at radius 3 is 2.43 bits per heavy atom. The maximum Gasteiger partial charge on any atom is 0.328 e. The Kier molecular flexibility index (Phi) is 5.68. The Morgan fingerprint density at radius 2 is 2.07 bits per heavy atom. The summed E-state index contributed by atoms with van der Waals surface area (Å²) in [6, 6.07) is 0. The summed E-state index contributed by atoms with van der Waals surface area (Å²) in [6.45, 7) is 1.25. The number of rotatable bonds is 7. The van der Waals surface area contributed by atoms with Crippen molar-refractivity contribution in [3.8, 4) is 0 Å². The number of hydrogen-bond donors (Lipinski definition) is 4. The SMILES string of the molecule is CCCCCC(O)C(N)(CO)C(=O)O. The molecule has 2 unspecified atom stereocenters. The molecule has 0 amide bonds. The maximum atomic E-state index is 10.7. The molecular weight excluding hydrogens is 186 g/mol. The highest BCUT2D eigenvalue weighted by molar-refractivity contribution is 5.79. The van der Waals surface area contributed by atoms with Gasteiger partial charge in [0.2, 0.25) is 0 Å². The van der Waals surface area contributed by atoms with Crippen molar-refractivity contribution in [2.24, 2.45) is 5.73 Å². The van der Waals surface area contributed by atoms with Gasteiger partial charge in [-0.1, -0.05) is 26.2 Å². The Labute approximate surface area is 83.5 Å². The molecule has 2 atom stereocenters. The van der Waals surface area contributed by atoms with Crippen LogP contribution in [-0.4, -0.2) is 39.5 Å². The number of unbranched alkanes of at least 4 members (excludes halogenated alkanes) is 2. The summed E-state index contributed by atoms with van der Waals surface area (Å²) in [5.74, 6) is -1.37. The summed E-state index contributed by atoms with van der Waals surface area (Å²) in [5, 5.41) is 27.0. The van der Waals surface area contributed by atoms with Gasteiger partial charge in [-0.2, -0.15) is 0 Å². The first-order valence-corrected chi connectivity index (χ1v) is 4.80. The van der Waals surface area contributed by atoms with E-state index in [0.717, 1.165) is 12.8 Å². The third-order valence-corrected chi connectivity index (χ3v) is 2.34. The van der Waals surface area contributed by atoms with Crippen LogP contribution in [0.25, 0.3) is 0 Å². The molecule has 0 aliphatic rings. The first-order valence-electron chi connectivity index (χ1n) is 4.80. The predicted molar refractivity (Wildman–Crippen MR) is 51.8 cm³/mol. The molecule has 0 aromatic heterocycles. The van der Waals surface area contributed by atoms with E-state index in [1.165, 1.54) is 0 Å². The van der Waals surface area contributed by atoms with Gasteiger partial charge in [-0.15, -0.1) is 0 Å². The molecule has 0 radical (unpaired) electrons. The van der Waals surface area contributed by atoms with E-state index in [4.69, 9.17) is 15.9 Å². The molecule has 0 heterocycles. The molecule has 0 spiro atoms. The molecule has 0 aliphatic heterocycles. The quantitative estimate of drug-likeness (QED) is 0.427. The van der Waals surface area contributed by atoms with Gasteiger partial charge in [-0.05, 0) is 6.42 Å². The van der Waals surface area contributed by atoms with Gasteiger partial charge in [-0.25, -0.2) is 0 Å². The van der Waals surface area contributed by atoms with E-state index in [-0.39, 0.29) is 0 Å². The lowest BCUT2D eigenvalue weighted by atomic mass is 9.91. The molecule has 5 nitrogen and oxygen atoms in total. The molecule has 14 heavy (non-hydrogen) atoms. The van der Waals surface area contributed by atoms with Crippen molar-refractivity contribution in [2.75, 3.05) is 6.61 Å². The summed E-state index contributed by atoms with van der Waals surface area (Å²) in [6.07, 6.45) is 1.71. The number of carboxylic acid groups (broad SMARTS) is 1. The van der Waals surface area contributed by atoms with Crippen LogP contribution in [0, 0.1) is 0 Å². The topological polar surface area (TPSA) is 104 Å². The standard InChI is InChI=1S/C9H19NO4/c1-2-3-4-5-7(12)9(10,6-11)8(13)14/h7,11-12H,2-6,10H2,1H3,(H,13,14). The fourth-order valence-corrected chi connectivity index (χ4v) is 1.16. The van der Waals surface area contributed by atoms with E-state index >= 15 is 0 Å². The molecule has 0 bridgehead atoms. The fourth-order valence-electron chi connectivity index (χ4n) is 1.16. The van der Waals surface area contributed by atoms with Gasteiger partial charge in [0.15, 0.2) is 5.54 Å². The van der Waals surface area contributed by atoms with Gasteiger partial charge in [0.1, 0.15) is 0 Å². The van der Waals surface area contributed by atoms with Crippen molar-refractivity contribution >= 4 is 5.97 Å². The largest absolute Gasteiger partial charge is 0.480 e. The molecular formula is C9H19NO4. The number of hydrogen-bond acceptors (Lipinski definition) is 4. The zero-order chi connectivity index (χ0) is 11.2. The van der Waals surface area contributed by atoms with Crippen LogP contribution in [0.5, 0.6) is 0 Å². The lowest BCUT2D eigenvalue weighted by molar-refractivity contribution is -0.150. The molecule has 0 aliphatic carbocycles. The highest BCUT2D eigenvalue weighted by Gasteiger charge is 2.40. The van der Waals surface area contributed by atoms with E-state index in [2.05, 4.69) is 0 Å². The van der Waals surface area contributed by atoms with Gasteiger partial charge < -0.3 is 21.1 Å². The van der Waals surface area contributed by atoms with E-state index < -0.39 is 24.2 Å². The normalized spacial score (nSPS) is 17.4. The lowest BCUT2D eigenvalue weighted by Crippen LogP contribution is -2.60. The predicted octanol–water partition coefficient (Wildman–Crippen LogP) is -0.298. The smallest absolute Gasteiger partial charge is 0.328 e. The van der Waals surface area contributed by atoms with Gasteiger partial charge in [0.05, 0.1) is 12.7 Å². The minimum atomic E-state index is -1.92. The summed E-state index contributed by atoms with van der Waals surface area (Å²) in [5.41, 5.74) is 3.44. The van der Waals surface area contributed by atoms with Crippen LogP contribution in [0.15, 0.2) is 0 Å². The number of nitrogens with two attached hydrogens (primary N) is 1. The Hall–Kier alpha value is -0.650. The molecule has 5 heteroatoms. The Bertz CT molecular complexity index is 186. The molecule has 0 rings (SSSR count). The van der Waals surface area contributed by atoms with E-state index in [1.54, 1.807) is 0 Å². The number of aliphatic hydroxyl groups excluding tert-OH is 2. The summed E-state index contributed by atoms with van der Waals surface area (Å²) in [7, 11) is 0. The highest BCUT2D eigenvalue weighted by Crippen LogP contribution is 2.14. The average Bonchev–Trinajstić information content (AvgIpc) is 2.16. The molecule has 0 aromatic carbocycles. The van der Waals surface area contributed by atoms with Crippen molar-refractivity contribution in [1.29, 1.82) is 0 Å². The maximum absolute atomic E-state index is 10.7. The third kappa shape index (κ3) is 3.25. The highest BCUT2D eigenvalue weighted by atomic mass is 16.4. The van der Waals surface area contributed by atoms with Gasteiger partial charge in [0, 0.05) is 0 Å². The zero-order valence-electron chi connectivity index (χ0n) is 8.44. The van der Waals surface area contributed by atoms with Crippen LogP contribution in [0.4, 0.5) is 0 Å². The van der Waals surface area contributed by atoms with Gasteiger partial charge >= 0.3 is 5.97 Å². The van der Waals surface area contributed by atoms with Crippen molar-refractivity contribution in [3.05, 3.63) is 0 Å². The Morgan fingerprint density at radius 1 is 1.50 bits per heavy atom. The van der Waals surface area contributed by atoms with E-state index in [0.29, 0.717) is 12.8 Å². The van der Waals surface area contributed by atoms with Crippen molar-refractivity contribution < 1.29 is 20.1 Å². The van der Waals surface area contributed by atoms with Crippen molar-refractivity contribution in [2.45, 2.75) is 44.2 Å². The fraction of sp³-hybridized carbons (Fsp3) is 0.889. The minimum absolute atomic E-state index is 0.303. The van der Waals surface area contributed by atoms with Crippen molar-refractivity contribution in [3.63, 3.8) is 0 Å². The van der Waals surface area contributed by atoms with Crippen LogP contribution in [0.2, 0.25) is 0 Å². The molecule has 0 saturated carbocycles. The third-order valence-electron chi connectivity index (χ3n) is 2.34. The second-order valence-corrected chi connectivity index (χ2v) is 3.52. The van der Waals surface area contributed by atoms with Crippen LogP contribution < -0.4 is 5.73 Å². The van der Waals surface area contributed by atoms with Crippen LogP contribution >= 0.6 is 0 Å². The molecule has 0 saturated heterocycles. The van der Waals surface area contributed by atoms with Gasteiger partial charge in [-0.3, -0.25) is 4.79 Å². The monoisotopic (exact) mass is 205 g/mol. The van der Waals surface area contributed by atoms with Crippen LogP contribution in [-0.2, 0) is 4.79 Å². The second-order valence-electron chi connectivity index (χ2n) is 3.52. The number of carboxylic acids is 1. The summed E-state index contributed by atoms with van der Waals surface area (Å²) >= 11 is 0. The minimum Gasteiger partial charge on any atom is -0.480 e. The number of aliphatic hydroxyl groups is 2. The van der Waals surface area contributed by atoms with E-state index in [9.17, 15) is 9.90 Å². The van der Waals surface area contributed by atoms with Crippen LogP contribution in [0.3, 0.4) is 0 Å². The van der Waals surface area contributed by atoms with Crippen LogP contribution in [0.1, 0.15) is 32.6 Å². The lowest BCUT2D eigenvalue weighted by Gasteiger charge is -2.27.